The molecule has 1 aliphatic carbocycles. The lowest BCUT2D eigenvalue weighted by molar-refractivity contribution is -0.587. The Balaban J connectivity index is 2.49. The molecule has 108 valence electrons. The molecule has 0 radical (unpaired) electrons. The quantitative estimate of drug-likeness (QED) is 0.616. The van der Waals surface area contributed by atoms with Gasteiger partial charge in [0.2, 0.25) is 12.1 Å². The zero-order chi connectivity index (χ0) is 14.8. The first kappa shape index (κ1) is 14.7. The summed E-state index contributed by atoms with van der Waals surface area (Å²) in [4.78, 5) is 21.7. The summed E-state index contributed by atoms with van der Waals surface area (Å²) in [5.41, 5.74) is -0.762. The predicted molar refractivity (Wildman–Crippen MR) is 74.2 cm³/mol. The second-order valence-corrected chi connectivity index (χ2v) is 5.56. The minimum Gasteiger partial charge on any atom is -0.265 e. The van der Waals surface area contributed by atoms with Crippen molar-refractivity contribution >= 4 is 11.6 Å². The van der Waals surface area contributed by atoms with Gasteiger partial charge in [-0.25, -0.2) is 0 Å². The van der Waals surface area contributed by atoms with Crippen molar-refractivity contribution in [2.75, 3.05) is 6.54 Å². The van der Waals surface area contributed by atoms with Gasteiger partial charge in [0.1, 0.15) is 5.92 Å². The van der Waals surface area contributed by atoms with Crippen molar-refractivity contribution in [1.82, 2.24) is 0 Å². The van der Waals surface area contributed by atoms with E-state index in [1.165, 1.54) is 0 Å². The topological polar surface area (TPSA) is 86.3 Å². The molecule has 0 aromatic heterocycles. The Morgan fingerprint density at radius 3 is 2.30 bits per heavy atom. The van der Waals surface area contributed by atoms with Gasteiger partial charge in [-0.2, -0.15) is 0 Å². The normalized spacial score (nSPS) is 18.6. The van der Waals surface area contributed by atoms with E-state index < -0.39 is 22.9 Å². The largest absolute Gasteiger partial charge is 0.265 e. The molecule has 0 aliphatic heterocycles. The van der Waals surface area contributed by atoms with Gasteiger partial charge >= 0.3 is 0 Å². The van der Waals surface area contributed by atoms with E-state index in [0.717, 1.165) is 12.8 Å². The van der Waals surface area contributed by atoms with Gasteiger partial charge < -0.3 is 0 Å². The van der Waals surface area contributed by atoms with Crippen LogP contribution in [0.5, 0.6) is 0 Å². The molecule has 1 saturated carbocycles. The van der Waals surface area contributed by atoms with Gasteiger partial charge in [-0.1, -0.05) is 29.8 Å². The number of nitrogens with zero attached hydrogens (tertiary/aromatic N) is 2. The number of halogens is 1. The zero-order valence-electron chi connectivity index (χ0n) is 10.8. The second kappa shape index (κ2) is 5.75. The SMILES string of the molecule is O=[N+]([O-])C[C@@H](c1ccccc1Cl)C1([N+](=O)[O-])CCCC1. The van der Waals surface area contributed by atoms with Crippen LogP contribution in [0.2, 0.25) is 5.02 Å². The van der Waals surface area contributed by atoms with E-state index in [9.17, 15) is 20.2 Å². The van der Waals surface area contributed by atoms with Crippen LogP contribution in [-0.4, -0.2) is 21.9 Å². The van der Waals surface area contributed by atoms with Gasteiger partial charge in [0.25, 0.3) is 0 Å². The fraction of sp³-hybridized carbons (Fsp3) is 0.538. The average Bonchev–Trinajstić information content (AvgIpc) is 2.87. The molecule has 20 heavy (non-hydrogen) atoms. The molecule has 1 fully saturated rings. The van der Waals surface area contributed by atoms with Crippen LogP contribution in [0.3, 0.4) is 0 Å². The van der Waals surface area contributed by atoms with Crippen molar-refractivity contribution in [3.63, 3.8) is 0 Å². The summed E-state index contributed by atoms with van der Waals surface area (Å²) in [6, 6.07) is 6.69. The molecule has 1 atom stereocenters. The molecule has 0 unspecified atom stereocenters. The first-order valence-electron chi connectivity index (χ1n) is 6.48. The average molecular weight is 299 g/mol. The van der Waals surface area contributed by atoms with Crippen molar-refractivity contribution in [1.29, 1.82) is 0 Å². The maximum Gasteiger partial charge on any atom is 0.235 e. The van der Waals surface area contributed by atoms with Crippen molar-refractivity contribution in [2.45, 2.75) is 37.1 Å². The second-order valence-electron chi connectivity index (χ2n) is 5.16. The lowest BCUT2D eigenvalue weighted by atomic mass is 9.78. The Morgan fingerprint density at radius 2 is 1.80 bits per heavy atom. The minimum absolute atomic E-state index is 0.336. The van der Waals surface area contributed by atoms with E-state index in [-0.39, 0.29) is 4.92 Å². The van der Waals surface area contributed by atoms with Crippen molar-refractivity contribution in [2.24, 2.45) is 0 Å². The third kappa shape index (κ3) is 2.60. The fourth-order valence-corrected chi connectivity index (χ4v) is 3.38. The van der Waals surface area contributed by atoms with E-state index in [0.29, 0.717) is 23.4 Å². The lowest BCUT2D eigenvalue weighted by Gasteiger charge is -2.27. The number of hydrogen-bond acceptors (Lipinski definition) is 4. The summed E-state index contributed by atoms with van der Waals surface area (Å²) in [5, 5.41) is 22.9. The molecule has 0 bridgehead atoms. The van der Waals surface area contributed by atoms with Gasteiger partial charge in [-0.05, 0) is 24.5 Å². The number of rotatable bonds is 5. The first-order valence-corrected chi connectivity index (χ1v) is 6.86. The molecule has 0 amide bonds. The molecule has 7 heteroatoms. The number of nitro groups is 2. The highest BCUT2D eigenvalue weighted by Crippen LogP contribution is 2.45. The Kier molecular flexibility index (Phi) is 4.23. The Labute approximate surface area is 121 Å². The molecule has 0 heterocycles. The van der Waals surface area contributed by atoms with Gasteiger partial charge in [-0.3, -0.25) is 20.2 Å². The van der Waals surface area contributed by atoms with Gasteiger partial charge in [0.05, 0.1) is 0 Å². The van der Waals surface area contributed by atoms with Crippen LogP contribution in [-0.2, 0) is 0 Å². The predicted octanol–water partition coefficient (Wildman–Crippen LogP) is 3.29. The van der Waals surface area contributed by atoms with Gasteiger partial charge in [0, 0.05) is 27.7 Å². The van der Waals surface area contributed by atoms with Crippen LogP contribution in [0.25, 0.3) is 0 Å². The van der Waals surface area contributed by atoms with Crippen LogP contribution in [0.4, 0.5) is 0 Å². The Morgan fingerprint density at radius 1 is 1.20 bits per heavy atom. The Bertz CT molecular complexity index is 529. The summed E-state index contributed by atoms with van der Waals surface area (Å²) in [5.74, 6) is -0.788. The van der Waals surface area contributed by atoms with Crippen LogP contribution < -0.4 is 0 Å². The molecule has 6 nitrogen and oxygen atoms in total. The molecule has 0 spiro atoms. The summed E-state index contributed by atoms with van der Waals surface area (Å²) in [6.45, 7) is -0.468. The highest BCUT2D eigenvalue weighted by atomic mass is 35.5. The zero-order valence-corrected chi connectivity index (χ0v) is 11.6. The van der Waals surface area contributed by atoms with E-state index in [1.54, 1.807) is 24.3 Å². The summed E-state index contributed by atoms with van der Waals surface area (Å²) in [7, 11) is 0. The molecular weight excluding hydrogens is 284 g/mol. The Hall–Kier alpha value is -1.69. The van der Waals surface area contributed by atoms with Crippen LogP contribution in [0, 0.1) is 20.2 Å². The maximum atomic E-state index is 11.6. The molecule has 0 N–H and O–H groups in total. The molecule has 1 aromatic rings. The summed E-state index contributed by atoms with van der Waals surface area (Å²) >= 11 is 6.10. The van der Waals surface area contributed by atoms with Gasteiger partial charge in [0.15, 0.2) is 0 Å². The van der Waals surface area contributed by atoms with E-state index in [2.05, 4.69) is 0 Å². The standard InChI is InChI=1S/C13H15ClN2O4/c14-12-6-2-1-5-10(12)11(9-15(17)18)13(16(19)20)7-3-4-8-13/h1-2,5-6,11H,3-4,7-9H2/t11-/m0/s1. The summed E-state index contributed by atoms with van der Waals surface area (Å²) in [6.07, 6.45) is 2.17. The molecule has 2 rings (SSSR count). The third-order valence-electron chi connectivity index (χ3n) is 4.09. The minimum atomic E-state index is -1.27. The van der Waals surface area contributed by atoms with E-state index in [4.69, 9.17) is 11.6 Å². The first-order chi connectivity index (χ1) is 9.47. The fourth-order valence-electron chi connectivity index (χ4n) is 3.11. The monoisotopic (exact) mass is 298 g/mol. The van der Waals surface area contributed by atoms with E-state index in [1.807, 2.05) is 0 Å². The molecule has 1 aromatic carbocycles. The van der Waals surface area contributed by atoms with Crippen molar-refractivity contribution < 1.29 is 9.85 Å². The van der Waals surface area contributed by atoms with Crippen LogP contribution in [0.15, 0.2) is 24.3 Å². The summed E-state index contributed by atoms with van der Waals surface area (Å²) < 4.78 is 0. The third-order valence-corrected chi connectivity index (χ3v) is 4.44. The number of benzene rings is 1. The number of hydrogen-bond donors (Lipinski definition) is 0. The smallest absolute Gasteiger partial charge is 0.235 e. The van der Waals surface area contributed by atoms with Crippen molar-refractivity contribution in [3.05, 3.63) is 55.1 Å². The maximum absolute atomic E-state index is 11.6. The van der Waals surface area contributed by atoms with Gasteiger partial charge in [-0.15, -0.1) is 0 Å². The van der Waals surface area contributed by atoms with E-state index >= 15 is 0 Å². The highest BCUT2D eigenvalue weighted by molar-refractivity contribution is 6.31. The highest BCUT2D eigenvalue weighted by Gasteiger charge is 2.55. The molecule has 1 aliphatic rings. The molecule has 0 saturated heterocycles. The lowest BCUT2D eigenvalue weighted by Crippen LogP contribution is -2.44. The molecular formula is C13H15ClN2O4. The van der Waals surface area contributed by atoms with Crippen LogP contribution in [0.1, 0.15) is 37.2 Å². The van der Waals surface area contributed by atoms with Crippen molar-refractivity contribution in [3.8, 4) is 0 Å². The van der Waals surface area contributed by atoms with Crippen LogP contribution >= 0.6 is 11.6 Å².